The molecule has 0 bridgehead atoms. The monoisotopic (exact) mass is 322 g/mol. The zero-order valence-electron chi connectivity index (χ0n) is 7.10. The van der Waals surface area contributed by atoms with Gasteiger partial charge in [-0.1, -0.05) is 0 Å². The van der Waals surface area contributed by atoms with Crippen molar-refractivity contribution < 1.29 is 14.4 Å². The third-order valence-electron chi connectivity index (χ3n) is 1.67. The van der Waals surface area contributed by atoms with Gasteiger partial charge in [-0.3, -0.25) is 4.79 Å². The third kappa shape index (κ3) is 2.71. The van der Waals surface area contributed by atoms with Crippen LogP contribution in [0.15, 0.2) is 12.1 Å². The van der Waals surface area contributed by atoms with Gasteiger partial charge in [0.1, 0.15) is 12.6 Å². The molecule has 1 atom stereocenters. The van der Waals surface area contributed by atoms with E-state index in [-0.39, 0.29) is 12.2 Å². The molecule has 1 heterocycles. The first kappa shape index (κ1) is 11.5. The largest absolute Gasteiger partial charge is 0.303 e. The summed E-state index contributed by atoms with van der Waals surface area (Å²) in [7, 11) is 0. The maximum atomic E-state index is 11.6. The summed E-state index contributed by atoms with van der Waals surface area (Å²) in [5.41, 5.74) is 0. The summed E-state index contributed by atoms with van der Waals surface area (Å²) in [5.74, 6) is -1.08. The highest BCUT2D eigenvalue weighted by Crippen LogP contribution is 2.21. The van der Waals surface area contributed by atoms with Gasteiger partial charge in [0, 0.05) is 6.42 Å². The molecule has 14 heavy (non-hydrogen) atoms. The number of thiophene rings is 1. The molecule has 0 aliphatic carbocycles. The Morgan fingerprint density at radius 3 is 2.64 bits per heavy atom. The van der Waals surface area contributed by atoms with E-state index in [1.165, 1.54) is 11.3 Å². The van der Waals surface area contributed by atoms with E-state index < -0.39 is 5.92 Å². The second-order valence-corrected chi connectivity index (χ2v) is 5.59. The van der Waals surface area contributed by atoms with Crippen molar-refractivity contribution in [3.63, 3.8) is 0 Å². The number of Topliss-reactive ketones (excluding diaryl/α,β-unsaturated/α-hetero) is 1. The molecule has 0 fully saturated rings. The molecule has 0 saturated carbocycles. The standard InChI is InChI=1S/C9H7IO3S/c10-8-2-1-7(14-8)9(13)6(5-12)3-4-11/h1-2,4-6H,3H2. The second kappa shape index (κ2) is 5.35. The molecule has 0 spiro atoms. The first-order valence-electron chi connectivity index (χ1n) is 3.87. The molecule has 1 aromatic rings. The highest BCUT2D eigenvalue weighted by Gasteiger charge is 2.20. The molecular weight excluding hydrogens is 315 g/mol. The molecule has 0 aliphatic rings. The Bertz CT molecular complexity index is 359. The highest BCUT2D eigenvalue weighted by atomic mass is 127. The first-order valence-corrected chi connectivity index (χ1v) is 5.77. The quantitative estimate of drug-likeness (QED) is 0.360. The van der Waals surface area contributed by atoms with Crippen LogP contribution in [0, 0.1) is 8.80 Å². The molecule has 0 amide bonds. The fourth-order valence-electron chi connectivity index (χ4n) is 0.958. The van der Waals surface area contributed by atoms with Crippen LogP contribution in [0.25, 0.3) is 0 Å². The van der Waals surface area contributed by atoms with E-state index in [0.29, 0.717) is 17.4 Å². The minimum Gasteiger partial charge on any atom is -0.303 e. The van der Waals surface area contributed by atoms with Crippen LogP contribution in [0.3, 0.4) is 0 Å². The average molecular weight is 322 g/mol. The lowest BCUT2D eigenvalue weighted by molar-refractivity contribution is -0.114. The molecule has 74 valence electrons. The molecule has 0 aliphatic heterocycles. The Labute approximate surface area is 98.6 Å². The highest BCUT2D eigenvalue weighted by molar-refractivity contribution is 14.1. The lowest BCUT2D eigenvalue weighted by atomic mass is 10.0. The van der Waals surface area contributed by atoms with Gasteiger partial charge in [0.15, 0.2) is 5.78 Å². The molecule has 0 aromatic carbocycles. The van der Waals surface area contributed by atoms with Crippen LogP contribution >= 0.6 is 33.9 Å². The normalized spacial score (nSPS) is 12.1. The zero-order valence-corrected chi connectivity index (χ0v) is 10.1. The number of carbonyl (C=O) groups is 3. The number of rotatable bonds is 5. The topological polar surface area (TPSA) is 51.2 Å². The van der Waals surface area contributed by atoms with Gasteiger partial charge in [-0.15, -0.1) is 11.3 Å². The van der Waals surface area contributed by atoms with Gasteiger partial charge < -0.3 is 9.59 Å². The Morgan fingerprint density at radius 1 is 1.50 bits per heavy atom. The summed E-state index contributed by atoms with van der Waals surface area (Å²) < 4.78 is 0.988. The molecule has 3 nitrogen and oxygen atoms in total. The van der Waals surface area contributed by atoms with Crippen LogP contribution in [-0.2, 0) is 9.59 Å². The molecule has 0 N–H and O–H groups in total. The van der Waals surface area contributed by atoms with Crippen LogP contribution in [-0.4, -0.2) is 18.4 Å². The van der Waals surface area contributed by atoms with Gasteiger partial charge in [-0.2, -0.15) is 0 Å². The van der Waals surface area contributed by atoms with Gasteiger partial charge >= 0.3 is 0 Å². The summed E-state index contributed by atoms with van der Waals surface area (Å²) in [6.07, 6.45) is 1.09. The number of halogens is 1. The molecule has 1 aromatic heterocycles. The van der Waals surface area contributed by atoms with Crippen molar-refractivity contribution in [1.82, 2.24) is 0 Å². The average Bonchev–Trinajstić information content (AvgIpc) is 2.60. The van der Waals surface area contributed by atoms with Crippen molar-refractivity contribution in [3.05, 3.63) is 19.9 Å². The van der Waals surface area contributed by atoms with Gasteiger partial charge in [0.05, 0.1) is 13.7 Å². The van der Waals surface area contributed by atoms with E-state index in [1.807, 2.05) is 0 Å². The van der Waals surface area contributed by atoms with Crippen LogP contribution < -0.4 is 0 Å². The van der Waals surface area contributed by atoms with E-state index in [1.54, 1.807) is 12.1 Å². The number of hydrogen-bond donors (Lipinski definition) is 0. The van der Waals surface area contributed by atoms with E-state index in [9.17, 15) is 14.4 Å². The molecular formula is C9H7IO3S. The van der Waals surface area contributed by atoms with Crippen LogP contribution in [0.2, 0.25) is 0 Å². The predicted octanol–water partition coefficient (Wildman–Crippen LogP) is 1.94. The molecule has 0 radical (unpaired) electrons. The molecule has 1 unspecified atom stereocenters. The summed E-state index contributed by atoms with van der Waals surface area (Å²) >= 11 is 3.43. The number of hydrogen-bond acceptors (Lipinski definition) is 4. The van der Waals surface area contributed by atoms with Crippen LogP contribution in [0.4, 0.5) is 0 Å². The number of carbonyl (C=O) groups excluding carboxylic acids is 3. The van der Waals surface area contributed by atoms with Crippen LogP contribution in [0.5, 0.6) is 0 Å². The second-order valence-electron chi connectivity index (χ2n) is 2.61. The van der Waals surface area contributed by atoms with Gasteiger partial charge in [0.2, 0.25) is 0 Å². The van der Waals surface area contributed by atoms with Crippen molar-refractivity contribution in [2.45, 2.75) is 6.42 Å². The summed E-state index contributed by atoms with van der Waals surface area (Å²) in [6, 6.07) is 3.48. The summed E-state index contributed by atoms with van der Waals surface area (Å²) in [4.78, 5) is 32.9. The minimum atomic E-state index is -0.818. The van der Waals surface area contributed by atoms with Gasteiger partial charge in [-0.05, 0) is 34.7 Å². The Balaban J connectivity index is 2.82. The fraction of sp³-hybridized carbons (Fsp3) is 0.222. The third-order valence-corrected chi connectivity index (χ3v) is 3.58. The molecule has 0 saturated heterocycles. The summed E-state index contributed by atoms with van der Waals surface area (Å²) in [6.45, 7) is 0. The van der Waals surface area contributed by atoms with Gasteiger partial charge in [-0.25, -0.2) is 0 Å². The molecule has 1 rings (SSSR count). The number of ketones is 1. The van der Waals surface area contributed by atoms with Crippen molar-refractivity contribution in [2.75, 3.05) is 0 Å². The van der Waals surface area contributed by atoms with Crippen molar-refractivity contribution in [2.24, 2.45) is 5.92 Å². The van der Waals surface area contributed by atoms with Crippen molar-refractivity contribution >= 4 is 52.3 Å². The molecule has 5 heteroatoms. The van der Waals surface area contributed by atoms with Crippen LogP contribution in [0.1, 0.15) is 16.1 Å². The van der Waals surface area contributed by atoms with Gasteiger partial charge in [0.25, 0.3) is 0 Å². The SMILES string of the molecule is O=CCC(C=O)C(=O)c1ccc(I)s1. The Kier molecular flexibility index (Phi) is 4.40. The van der Waals surface area contributed by atoms with Crippen molar-refractivity contribution in [3.8, 4) is 0 Å². The van der Waals surface area contributed by atoms with E-state index in [4.69, 9.17) is 0 Å². The van der Waals surface area contributed by atoms with E-state index in [2.05, 4.69) is 22.6 Å². The van der Waals surface area contributed by atoms with Crippen molar-refractivity contribution in [1.29, 1.82) is 0 Å². The lowest BCUT2D eigenvalue weighted by Crippen LogP contribution is -2.15. The first-order chi connectivity index (χ1) is 6.69. The predicted molar refractivity (Wildman–Crippen MR) is 61.6 cm³/mol. The maximum Gasteiger partial charge on any atom is 0.183 e. The maximum absolute atomic E-state index is 11.6. The Hall–Kier alpha value is -0.560. The zero-order chi connectivity index (χ0) is 10.6. The van der Waals surface area contributed by atoms with E-state index in [0.717, 1.165) is 2.88 Å². The fourth-order valence-corrected chi connectivity index (χ4v) is 2.58. The summed E-state index contributed by atoms with van der Waals surface area (Å²) in [5, 5.41) is 0. The van der Waals surface area contributed by atoms with E-state index >= 15 is 0 Å². The minimum absolute atomic E-state index is 0.0309. The number of aldehydes is 2. The lowest BCUT2D eigenvalue weighted by Gasteiger charge is -2.01. The smallest absolute Gasteiger partial charge is 0.183 e. The Morgan fingerprint density at radius 2 is 2.21 bits per heavy atom.